The van der Waals surface area contributed by atoms with E-state index in [1.807, 2.05) is 24.3 Å². The molecule has 0 fully saturated rings. The lowest BCUT2D eigenvalue weighted by Crippen LogP contribution is -2.38. The summed E-state index contributed by atoms with van der Waals surface area (Å²) in [5.41, 5.74) is 3.60. The van der Waals surface area contributed by atoms with Crippen molar-refractivity contribution in [1.82, 2.24) is 0 Å². The minimum Gasteiger partial charge on any atom is -0.463 e. The number of benzene rings is 2. The fraction of sp³-hybridized carbons (Fsp3) is 0.357. The maximum absolute atomic E-state index is 13.6. The predicted molar refractivity (Wildman–Crippen MR) is 135 cm³/mol. The highest BCUT2D eigenvalue weighted by molar-refractivity contribution is 6.30. The van der Waals surface area contributed by atoms with Crippen LogP contribution >= 0.6 is 11.6 Å². The van der Waals surface area contributed by atoms with E-state index < -0.39 is 23.8 Å². The van der Waals surface area contributed by atoms with E-state index in [1.54, 1.807) is 31.2 Å². The monoisotopic (exact) mass is 509 g/mol. The number of ketones is 1. The normalized spacial score (nSPS) is 21.5. The van der Waals surface area contributed by atoms with Gasteiger partial charge in [-0.25, -0.2) is 0 Å². The number of nitrogens with zero attached hydrogens (tertiary/aromatic N) is 1. The van der Waals surface area contributed by atoms with Crippen molar-refractivity contribution in [2.24, 2.45) is 10.9 Å². The number of halogens is 1. The Labute approximate surface area is 215 Å². The van der Waals surface area contributed by atoms with Crippen LogP contribution in [-0.2, 0) is 23.9 Å². The minimum atomic E-state index is -0.754. The number of aliphatic imine (C=N–C) groups is 1. The molecule has 3 atom stereocenters. The topological polar surface area (TPSA) is 91.3 Å². The second-order valence-electron chi connectivity index (χ2n) is 8.97. The number of carbonyl (C=O) groups is 3. The van der Waals surface area contributed by atoms with Crippen LogP contribution in [0.25, 0.3) is 0 Å². The largest absolute Gasteiger partial charge is 0.463 e. The summed E-state index contributed by atoms with van der Waals surface area (Å²) < 4.78 is 15.6. The zero-order chi connectivity index (χ0) is 25.8. The van der Waals surface area contributed by atoms with Gasteiger partial charge in [-0.2, -0.15) is 0 Å². The maximum atomic E-state index is 13.6. The molecule has 8 heteroatoms. The number of carbonyl (C=O) groups excluding carboxylic acids is 3. The Hall–Kier alpha value is -3.29. The lowest BCUT2D eigenvalue weighted by Gasteiger charge is -2.36. The first kappa shape index (κ1) is 25.8. The van der Waals surface area contributed by atoms with Gasteiger partial charge in [-0.05, 0) is 54.7 Å². The van der Waals surface area contributed by atoms with Gasteiger partial charge in [-0.15, -0.1) is 0 Å². The van der Waals surface area contributed by atoms with E-state index in [0.29, 0.717) is 40.6 Å². The highest BCUT2D eigenvalue weighted by atomic mass is 35.5. The van der Waals surface area contributed by atoms with Crippen LogP contribution in [0.4, 0.5) is 0 Å². The lowest BCUT2D eigenvalue weighted by atomic mass is 9.69. The Morgan fingerprint density at radius 1 is 1.00 bits per heavy atom. The molecule has 0 bridgehead atoms. The van der Waals surface area contributed by atoms with Crippen LogP contribution < -0.4 is 4.74 Å². The molecule has 2 aliphatic rings. The summed E-state index contributed by atoms with van der Waals surface area (Å²) in [5.74, 6) is -1.88. The Bertz CT molecular complexity index is 1220. The molecule has 188 valence electrons. The molecule has 7 nitrogen and oxygen atoms in total. The molecule has 0 N–H and O–H groups in total. The van der Waals surface area contributed by atoms with E-state index in [2.05, 4.69) is 0 Å². The Morgan fingerprint density at radius 3 is 2.31 bits per heavy atom. The van der Waals surface area contributed by atoms with Gasteiger partial charge in [0.25, 0.3) is 0 Å². The van der Waals surface area contributed by atoms with E-state index in [0.717, 1.165) is 11.1 Å². The van der Waals surface area contributed by atoms with Gasteiger partial charge in [0.15, 0.2) is 5.78 Å². The number of ether oxygens (including phenoxy) is 3. The Kier molecular flexibility index (Phi) is 8.01. The zero-order valence-electron chi connectivity index (χ0n) is 20.5. The lowest BCUT2D eigenvalue weighted by molar-refractivity contribution is -0.147. The van der Waals surface area contributed by atoms with Crippen LogP contribution in [0.3, 0.4) is 0 Å². The molecule has 0 saturated heterocycles. The number of allylic oxidation sites excluding steroid dienone is 2. The van der Waals surface area contributed by atoms with E-state index in [1.165, 1.54) is 14.0 Å². The summed E-state index contributed by atoms with van der Waals surface area (Å²) in [6, 6.07) is 14.4. The number of methoxy groups -OCH3 is 1. The molecule has 1 unspecified atom stereocenters. The number of esters is 2. The molecule has 2 aromatic rings. The van der Waals surface area contributed by atoms with Crippen molar-refractivity contribution in [3.05, 3.63) is 76.0 Å². The number of rotatable bonds is 7. The molecule has 1 heterocycles. The number of hydrogen-bond donors (Lipinski definition) is 0. The van der Waals surface area contributed by atoms with Crippen LogP contribution in [-0.4, -0.2) is 43.8 Å². The predicted octanol–water partition coefficient (Wildman–Crippen LogP) is 5.03. The van der Waals surface area contributed by atoms with Crippen LogP contribution in [0.2, 0.25) is 5.02 Å². The molecule has 4 rings (SSSR count). The molecule has 0 saturated carbocycles. The molecule has 0 aromatic heterocycles. The highest BCUT2D eigenvalue weighted by Crippen LogP contribution is 2.47. The molecular formula is C28H28ClNO6. The van der Waals surface area contributed by atoms with Gasteiger partial charge >= 0.3 is 11.9 Å². The molecule has 0 spiro atoms. The summed E-state index contributed by atoms with van der Waals surface area (Å²) >= 11 is 6.05. The average molecular weight is 510 g/mol. The summed E-state index contributed by atoms with van der Waals surface area (Å²) in [5, 5.41) is 0.638. The summed E-state index contributed by atoms with van der Waals surface area (Å²) in [6.45, 7) is 3.50. The molecule has 0 radical (unpaired) electrons. The molecule has 1 aliphatic heterocycles. The van der Waals surface area contributed by atoms with Gasteiger partial charge in [0.1, 0.15) is 18.3 Å². The van der Waals surface area contributed by atoms with Gasteiger partial charge in [0.05, 0.1) is 6.61 Å². The van der Waals surface area contributed by atoms with Crippen molar-refractivity contribution in [3.63, 3.8) is 0 Å². The fourth-order valence-corrected chi connectivity index (χ4v) is 5.05. The van der Waals surface area contributed by atoms with Crippen molar-refractivity contribution in [3.8, 4) is 5.75 Å². The SMILES string of the molecule is COCCOC(=O)C1C(C)=NC2=C(C(=O)C[C@H](c3ccc(Cl)cc3)C2)[C@@H]1c1ccc(OC(C)=O)cc1. The van der Waals surface area contributed by atoms with Crippen molar-refractivity contribution < 1.29 is 28.6 Å². The van der Waals surface area contributed by atoms with Crippen molar-refractivity contribution in [2.75, 3.05) is 20.3 Å². The van der Waals surface area contributed by atoms with Gasteiger partial charge < -0.3 is 14.2 Å². The van der Waals surface area contributed by atoms with E-state index in [4.69, 9.17) is 30.8 Å². The minimum absolute atomic E-state index is 0.0257. The van der Waals surface area contributed by atoms with Crippen molar-refractivity contribution in [2.45, 2.75) is 38.5 Å². The van der Waals surface area contributed by atoms with E-state index >= 15 is 0 Å². The molecule has 0 amide bonds. The molecule has 1 aliphatic carbocycles. The van der Waals surface area contributed by atoms with Gasteiger partial charge in [0.2, 0.25) is 0 Å². The Balaban J connectivity index is 1.73. The third-order valence-electron chi connectivity index (χ3n) is 6.52. The molecule has 2 aromatic carbocycles. The smallest absolute Gasteiger partial charge is 0.315 e. The van der Waals surface area contributed by atoms with E-state index in [9.17, 15) is 14.4 Å². The van der Waals surface area contributed by atoms with Crippen molar-refractivity contribution in [1.29, 1.82) is 0 Å². The summed E-state index contributed by atoms with van der Waals surface area (Å²) in [4.78, 5) is 42.9. The first-order valence-electron chi connectivity index (χ1n) is 11.8. The van der Waals surface area contributed by atoms with Crippen LogP contribution in [0.1, 0.15) is 49.7 Å². The highest BCUT2D eigenvalue weighted by Gasteiger charge is 2.44. The average Bonchev–Trinajstić information content (AvgIpc) is 2.83. The second kappa shape index (κ2) is 11.2. The molecular weight excluding hydrogens is 482 g/mol. The van der Waals surface area contributed by atoms with Crippen LogP contribution in [0.5, 0.6) is 5.75 Å². The standard InChI is InChI=1S/C28H28ClNO6/c1-16-25(28(33)35-13-12-34-3)26(19-6-10-22(11-7-19)36-17(2)31)27-23(30-16)14-20(15-24(27)32)18-4-8-21(29)9-5-18/h4-11,20,25-26H,12-15H2,1-3H3/t20-,25?,26-/m1/s1. The first-order valence-corrected chi connectivity index (χ1v) is 12.2. The van der Waals surface area contributed by atoms with Gasteiger partial charge in [-0.1, -0.05) is 35.9 Å². The van der Waals surface area contributed by atoms with Gasteiger partial charge in [-0.3, -0.25) is 19.4 Å². The van der Waals surface area contributed by atoms with Gasteiger partial charge in [0, 0.05) is 48.4 Å². The molecule has 36 heavy (non-hydrogen) atoms. The van der Waals surface area contributed by atoms with Crippen LogP contribution in [0, 0.1) is 5.92 Å². The first-order chi connectivity index (χ1) is 17.3. The maximum Gasteiger partial charge on any atom is 0.315 e. The second-order valence-corrected chi connectivity index (χ2v) is 9.41. The number of Topliss-reactive ketones (excluding diaryl/α,β-unsaturated/α-hetero) is 1. The van der Waals surface area contributed by atoms with Crippen LogP contribution in [0.15, 0.2) is 64.8 Å². The van der Waals surface area contributed by atoms with E-state index in [-0.39, 0.29) is 24.9 Å². The summed E-state index contributed by atoms with van der Waals surface area (Å²) in [6.07, 6.45) is 0.885. The third kappa shape index (κ3) is 5.58. The third-order valence-corrected chi connectivity index (χ3v) is 6.77. The van der Waals surface area contributed by atoms with Crippen molar-refractivity contribution >= 4 is 35.0 Å². The Morgan fingerprint density at radius 2 is 1.67 bits per heavy atom. The fourth-order valence-electron chi connectivity index (χ4n) is 4.92. The number of hydrogen-bond acceptors (Lipinski definition) is 7. The summed E-state index contributed by atoms with van der Waals surface area (Å²) in [7, 11) is 1.53. The zero-order valence-corrected chi connectivity index (χ0v) is 21.2. The quantitative estimate of drug-likeness (QED) is 0.295.